The van der Waals surface area contributed by atoms with Gasteiger partial charge in [0.15, 0.2) is 11.9 Å². The van der Waals surface area contributed by atoms with E-state index < -0.39 is 22.8 Å². The number of carbonyl (C=O) groups is 1. The molecule has 1 aromatic carbocycles. The van der Waals surface area contributed by atoms with E-state index in [-0.39, 0.29) is 5.76 Å². The summed E-state index contributed by atoms with van der Waals surface area (Å²) < 4.78 is 10.3. The van der Waals surface area contributed by atoms with Crippen molar-refractivity contribution in [2.75, 3.05) is 0 Å². The molecule has 0 aliphatic heterocycles. The summed E-state index contributed by atoms with van der Waals surface area (Å²) in [5, 5.41) is 14.6. The molecule has 120 valence electrons. The predicted octanol–water partition coefficient (Wildman–Crippen LogP) is 2.76. The summed E-state index contributed by atoms with van der Waals surface area (Å²) in [5.74, 6) is -0.316. The summed E-state index contributed by atoms with van der Waals surface area (Å²) >= 11 is 5.82. The van der Waals surface area contributed by atoms with Gasteiger partial charge in [0.2, 0.25) is 0 Å². The molecule has 9 heteroatoms. The molecule has 0 spiro atoms. The van der Waals surface area contributed by atoms with Gasteiger partial charge in [-0.3, -0.25) is 14.9 Å². The first-order valence-corrected chi connectivity index (χ1v) is 6.83. The minimum Gasteiger partial charge on any atom is -0.481 e. The molecule has 1 heterocycles. The lowest BCUT2D eigenvalue weighted by molar-refractivity contribution is -0.402. The van der Waals surface area contributed by atoms with Gasteiger partial charge in [-0.25, -0.2) is 5.43 Å². The summed E-state index contributed by atoms with van der Waals surface area (Å²) in [4.78, 5) is 21.6. The van der Waals surface area contributed by atoms with Gasteiger partial charge in [-0.05, 0) is 31.2 Å². The molecule has 0 saturated heterocycles. The molecule has 1 atom stereocenters. The molecule has 0 bridgehead atoms. The van der Waals surface area contributed by atoms with Crippen LogP contribution in [-0.4, -0.2) is 23.1 Å². The zero-order valence-electron chi connectivity index (χ0n) is 11.9. The molecule has 23 heavy (non-hydrogen) atoms. The number of halogens is 1. The van der Waals surface area contributed by atoms with Gasteiger partial charge in [0.05, 0.1) is 12.3 Å². The van der Waals surface area contributed by atoms with E-state index in [4.69, 9.17) is 20.8 Å². The maximum Gasteiger partial charge on any atom is 0.433 e. The summed E-state index contributed by atoms with van der Waals surface area (Å²) in [6.45, 7) is 1.55. The van der Waals surface area contributed by atoms with Crippen LogP contribution in [0, 0.1) is 10.1 Å². The number of ether oxygens (including phenoxy) is 1. The molecular formula is C14H12ClN3O5. The van der Waals surface area contributed by atoms with Gasteiger partial charge in [0, 0.05) is 5.02 Å². The van der Waals surface area contributed by atoms with Crippen LogP contribution in [0.2, 0.25) is 5.02 Å². The topological polar surface area (TPSA) is 107 Å². The van der Waals surface area contributed by atoms with Crippen LogP contribution in [0.15, 0.2) is 45.9 Å². The number of benzene rings is 1. The quantitative estimate of drug-likeness (QED) is 0.495. The highest BCUT2D eigenvalue weighted by molar-refractivity contribution is 6.30. The van der Waals surface area contributed by atoms with Crippen molar-refractivity contribution in [1.82, 2.24) is 5.43 Å². The van der Waals surface area contributed by atoms with E-state index >= 15 is 0 Å². The average molecular weight is 338 g/mol. The average Bonchev–Trinajstić information content (AvgIpc) is 2.96. The van der Waals surface area contributed by atoms with E-state index in [1.54, 1.807) is 31.2 Å². The Morgan fingerprint density at radius 2 is 2.26 bits per heavy atom. The third-order valence-corrected chi connectivity index (χ3v) is 2.87. The monoisotopic (exact) mass is 337 g/mol. The normalized spacial score (nSPS) is 12.1. The van der Waals surface area contributed by atoms with Gasteiger partial charge in [0.1, 0.15) is 10.7 Å². The van der Waals surface area contributed by atoms with Crippen molar-refractivity contribution in [3.8, 4) is 5.75 Å². The van der Waals surface area contributed by atoms with Crippen molar-refractivity contribution in [2.45, 2.75) is 13.0 Å². The summed E-state index contributed by atoms with van der Waals surface area (Å²) in [6.07, 6.45) is 0.341. The van der Waals surface area contributed by atoms with Crippen LogP contribution in [0.25, 0.3) is 0 Å². The molecule has 8 nitrogen and oxygen atoms in total. The highest BCUT2D eigenvalue weighted by Gasteiger charge is 2.14. The third-order valence-electron chi connectivity index (χ3n) is 2.64. The van der Waals surface area contributed by atoms with E-state index in [0.717, 1.165) is 6.21 Å². The Labute approximate surface area is 135 Å². The molecule has 0 aliphatic carbocycles. The minimum absolute atomic E-state index is 0.139. The number of nitrogens with zero attached hydrogens (tertiary/aromatic N) is 2. The zero-order chi connectivity index (χ0) is 16.8. The van der Waals surface area contributed by atoms with Crippen LogP contribution >= 0.6 is 11.6 Å². The second kappa shape index (κ2) is 7.41. The first-order valence-electron chi connectivity index (χ1n) is 6.45. The molecule has 1 N–H and O–H groups in total. The number of hydrogen-bond acceptors (Lipinski definition) is 6. The van der Waals surface area contributed by atoms with Crippen molar-refractivity contribution < 1.29 is 18.9 Å². The van der Waals surface area contributed by atoms with Crippen molar-refractivity contribution >= 4 is 29.6 Å². The van der Waals surface area contributed by atoms with Crippen LogP contribution in [0.5, 0.6) is 5.75 Å². The Morgan fingerprint density at radius 1 is 1.48 bits per heavy atom. The number of carbonyl (C=O) groups excluding carboxylic acids is 1. The lowest BCUT2D eigenvalue weighted by Crippen LogP contribution is -2.33. The predicted molar refractivity (Wildman–Crippen MR) is 82.6 cm³/mol. The van der Waals surface area contributed by atoms with E-state index in [0.29, 0.717) is 10.8 Å². The van der Waals surface area contributed by atoms with Crippen LogP contribution in [0.4, 0.5) is 5.88 Å². The van der Waals surface area contributed by atoms with E-state index in [1.807, 2.05) is 0 Å². The number of amides is 1. The number of hydrogen-bond donors (Lipinski definition) is 1. The third kappa shape index (κ3) is 4.82. The van der Waals surface area contributed by atoms with E-state index in [2.05, 4.69) is 10.5 Å². The molecule has 0 unspecified atom stereocenters. The van der Waals surface area contributed by atoms with Crippen LogP contribution < -0.4 is 10.2 Å². The summed E-state index contributed by atoms with van der Waals surface area (Å²) in [6, 6.07) is 9.18. The molecule has 0 saturated carbocycles. The maximum absolute atomic E-state index is 11.8. The Bertz CT molecular complexity index is 744. The molecule has 2 aromatic rings. The van der Waals surface area contributed by atoms with E-state index in [1.165, 1.54) is 12.1 Å². The largest absolute Gasteiger partial charge is 0.481 e. The molecule has 2 rings (SSSR count). The van der Waals surface area contributed by atoms with Crippen molar-refractivity contribution in [3.05, 3.63) is 57.3 Å². The Kier molecular flexibility index (Phi) is 5.32. The lowest BCUT2D eigenvalue weighted by atomic mass is 10.3. The van der Waals surface area contributed by atoms with Crippen LogP contribution in [0.1, 0.15) is 12.7 Å². The molecule has 1 amide bonds. The second-order valence-electron chi connectivity index (χ2n) is 4.38. The number of nitro groups is 1. The van der Waals surface area contributed by atoms with Gasteiger partial charge in [0.25, 0.3) is 5.91 Å². The fourth-order valence-corrected chi connectivity index (χ4v) is 1.74. The van der Waals surface area contributed by atoms with Crippen molar-refractivity contribution in [1.29, 1.82) is 0 Å². The fraction of sp³-hybridized carbons (Fsp3) is 0.143. The van der Waals surface area contributed by atoms with Gasteiger partial charge in [-0.15, -0.1) is 0 Å². The van der Waals surface area contributed by atoms with Gasteiger partial charge in [-0.1, -0.05) is 17.7 Å². The first-order chi connectivity index (χ1) is 11.0. The second-order valence-corrected chi connectivity index (χ2v) is 4.82. The maximum atomic E-state index is 11.8. The lowest BCUT2D eigenvalue weighted by Gasteiger charge is -2.12. The van der Waals surface area contributed by atoms with E-state index in [9.17, 15) is 14.9 Å². The summed E-state index contributed by atoms with van der Waals surface area (Å²) in [5.41, 5.74) is 2.25. The smallest absolute Gasteiger partial charge is 0.433 e. The van der Waals surface area contributed by atoms with Gasteiger partial charge >= 0.3 is 5.88 Å². The highest BCUT2D eigenvalue weighted by atomic mass is 35.5. The standard InChI is InChI=1S/C14H12ClN3O5/c1-9(22-11-4-2-3-10(15)7-11)14(19)17-16-8-12-5-6-13(23-12)18(20)21/h2-9H,1H3,(H,17,19)/b16-8-/t9-/m1/s1. The van der Waals surface area contributed by atoms with Gasteiger partial charge in [-0.2, -0.15) is 5.10 Å². The number of furan rings is 1. The molecule has 1 aromatic heterocycles. The van der Waals surface area contributed by atoms with Crippen LogP contribution in [0.3, 0.4) is 0 Å². The zero-order valence-corrected chi connectivity index (χ0v) is 12.7. The molecule has 0 fully saturated rings. The summed E-state index contributed by atoms with van der Waals surface area (Å²) in [7, 11) is 0. The minimum atomic E-state index is -0.809. The Balaban J connectivity index is 1.88. The molecule has 0 radical (unpaired) electrons. The van der Waals surface area contributed by atoms with Crippen molar-refractivity contribution in [2.24, 2.45) is 5.10 Å². The SMILES string of the molecule is C[C@@H](Oc1cccc(Cl)c1)C(=O)N/N=C\c1ccc([N+](=O)[O-])o1. The number of rotatable bonds is 6. The number of hydrazone groups is 1. The number of nitrogens with one attached hydrogen (secondary N) is 1. The van der Waals surface area contributed by atoms with Crippen molar-refractivity contribution in [3.63, 3.8) is 0 Å². The van der Waals surface area contributed by atoms with Gasteiger partial charge < -0.3 is 9.15 Å². The highest BCUT2D eigenvalue weighted by Crippen LogP contribution is 2.18. The first kappa shape index (κ1) is 16.5. The van der Waals surface area contributed by atoms with Crippen LogP contribution in [-0.2, 0) is 4.79 Å². The Morgan fingerprint density at radius 3 is 2.91 bits per heavy atom. The Hall–Kier alpha value is -2.87. The fourth-order valence-electron chi connectivity index (χ4n) is 1.56. The molecule has 0 aliphatic rings. The molecular weight excluding hydrogens is 326 g/mol.